The van der Waals surface area contributed by atoms with E-state index in [1.54, 1.807) is 14.2 Å². The minimum Gasteiger partial charge on any atom is -0.497 e. The SMILES string of the molecule is COc1cccc([C@H]2NCCC[C@H]2NCc2cc(Cl)ccc2OC)c1.Cl.Cl. The van der Waals surface area contributed by atoms with Crippen LogP contribution in [0.15, 0.2) is 42.5 Å². The monoisotopic (exact) mass is 432 g/mol. The number of piperidine rings is 1. The van der Waals surface area contributed by atoms with E-state index >= 15 is 0 Å². The highest BCUT2D eigenvalue weighted by atomic mass is 35.5. The molecule has 3 rings (SSSR count). The maximum absolute atomic E-state index is 6.14. The molecule has 4 nitrogen and oxygen atoms in total. The number of methoxy groups -OCH3 is 2. The van der Waals surface area contributed by atoms with Gasteiger partial charge in [0.1, 0.15) is 11.5 Å². The van der Waals surface area contributed by atoms with E-state index in [1.807, 2.05) is 30.3 Å². The molecule has 27 heavy (non-hydrogen) atoms. The molecule has 0 unspecified atom stereocenters. The predicted octanol–water partition coefficient (Wildman–Crippen LogP) is 4.78. The van der Waals surface area contributed by atoms with Gasteiger partial charge in [-0.2, -0.15) is 0 Å². The van der Waals surface area contributed by atoms with Gasteiger partial charge in [-0.25, -0.2) is 0 Å². The molecule has 2 aromatic rings. The van der Waals surface area contributed by atoms with Crippen molar-refractivity contribution in [2.75, 3.05) is 20.8 Å². The molecule has 2 atom stereocenters. The summed E-state index contributed by atoms with van der Waals surface area (Å²) in [7, 11) is 3.39. The predicted molar refractivity (Wildman–Crippen MR) is 116 cm³/mol. The highest BCUT2D eigenvalue weighted by Crippen LogP contribution is 2.28. The molecule has 0 spiro atoms. The quantitative estimate of drug-likeness (QED) is 0.688. The Balaban J connectivity index is 0.00000182. The molecule has 0 aromatic heterocycles. The standard InChI is InChI=1S/C20H25ClN2O2.2ClH/c1-24-17-6-3-5-14(12-17)20-18(7-4-10-22-20)23-13-15-11-16(21)8-9-19(15)25-2;;/h3,5-6,8-9,11-12,18,20,22-23H,4,7,10,13H2,1-2H3;2*1H/t18-,20-;;/m1../s1. The molecule has 1 aliphatic heterocycles. The third-order valence-electron chi connectivity index (χ3n) is 4.71. The third kappa shape index (κ3) is 6.16. The zero-order valence-electron chi connectivity index (χ0n) is 15.5. The maximum Gasteiger partial charge on any atom is 0.123 e. The van der Waals surface area contributed by atoms with Crippen molar-refractivity contribution in [2.45, 2.75) is 31.5 Å². The van der Waals surface area contributed by atoms with Crippen LogP contribution in [0.2, 0.25) is 5.02 Å². The average molecular weight is 434 g/mol. The zero-order valence-corrected chi connectivity index (χ0v) is 17.9. The lowest BCUT2D eigenvalue weighted by Crippen LogP contribution is -2.45. The summed E-state index contributed by atoms with van der Waals surface area (Å²) in [5.41, 5.74) is 2.32. The van der Waals surface area contributed by atoms with Crippen LogP contribution in [0, 0.1) is 0 Å². The van der Waals surface area contributed by atoms with Crippen LogP contribution in [-0.4, -0.2) is 26.8 Å². The van der Waals surface area contributed by atoms with Gasteiger partial charge >= 0.3 is 0 Å². The van der Waals surface area contributed by atoms with E-state index < -0.39 is 0 Å². The summed E-state index contributed by atoms with van der Waals surface area (Å²) in [4.78, 5) is 0. The number of rotatable bonds is 6. The Morgan fingerprint density at radius 3 is 2.67 bits per heavy atom. The molecule has 1 fully saturated rings. The third-order valence-corrected chi connectivity index (χ3v) is 4.94. The molecule has 1 heterocycles. The molecule has 150 valence electrons. The topological polar surface area (TPSA) is 42.5 Å². The van der Waals surface area contributed by atoms with Crippen molar-refractivity contribution in [1.82, 2.24) is 10.6 Å². The summed E-state index contributed by atoms with van der Waals surface area (Å²) in [5.74, 6) is 1.75. The summed E-state index contributed by atoms with van der Waals surface area (Å²) in [5, 5.41) is 8.05. The van der Waals surface area contributed by atoms with Crippen LogP contribution >= 0.6 is 36.4 Å². The minimum absolute atomic E-state index is 0. The van der Waals surface area contributed by atoms with Gasteiger partial charge in [0.05, 0.1) is 14.2 Å². The molecule has 1 aliphatic rings. The average Bonchev–Trinajstić information content (AvgIpc) is 2.66. The van der Waals surface area contributed by atoms with Crippen LogP contribution in [0.25, 0.3) is 0 Å². The van der Waals surface area contributed by atoms with Gasteiger partial charge in [0.25, 0.3) is 0 Å². The lowest BCUT2D eigenvalue weighted by Gasteiger charge is -2.34. The van der Waals surface area contributed by atoms with E-state index in [2.05, 4.69) is 22.8 Å². The van der Waals surface area contributed by atoms with Gasteiger partial charge in [-0.15, -0.1) is 24.8 Å². The smallest absolute Gasteiger partial charge is 0.123 e. The number of ether oxygens (including phenoxy) is 2. The first-order valence-corrected chi connectivity index (χ1v) is 9.02. The highest BCUT2D eigenvalue weighted by molar-refractivity contribution is 6.30. The molecular formula is C20H27Cl3N2O2. The molecule has 2 aromatic carbocycles. The van der Waals surface area contributed by atoms with Crippen molar-refractivity contribution in [3.05, 3.63) is 58.6 Å². The Labute approximate surface area is 178 Å². The van der Waals surface area contributed by atoms with Crippen LogP contribution in [0.4, 0.5) is 0 Å². The lowest BCUT2D eigenvalue weighted by molar-refractivity contribution is 0.302. The van der Waals surface area contributed by atoms with Gasteiger partial charge < -0.3 is 20.1 Å². The van der Waals surface area contributed by atoms with E-state index in [4.69, 9.17) is 21.1 Å². The van der Waals surface area contributed by atoms with Crippen LogP contribution in [0.1, 0.15) is 30.0 Å². The van der Waals surface area contributed by atoms with E-state index in [9.17, 15) is 0 Å². The largest absolute Gasteiger partial charge is 0.497 e. The summed E-state index contributed by atoms with van der Waals surface area (Å²) < 4.78 is 10.8. The second-order valence-corrected chi connectivity index (χ2v) is 6.73. The number of hydrogen-bond donors (Lipinski definition) is 2. The summed E-state index contributed by atoms with van der Waals surface area (Å²) in [6.07, 6.45) is 2.28. The molecule has 0 saturated carbocycles. The van der Waals surface area contributed by atoms with Gasteiger partial charge in [0, 0.05) is 29.2 Å². The number of benzene rings is 2. The molecule has 0 amide bonds. The van der Waals surface area contributed by atoms with E-state index in [-0.39, 0.29) is 30.9 Å². The first-order valence-electron chi connectivity index (χ1n) is 8.64. The van der Waals surface area contributed by atoms with Gasteiger partial charge in [0.2, 0.25) is 0 Å². The highest BCUT2D eigenvalue weighted by Gasteiger charge is 2.26. The first-order chi connectivity index (χ1) is 12.2. The normalized spacial score (nSPS) is 18.8. The van der Waals surface area contributed by atoms with Crippen molar-refractivity contribution in [2.24, 2.45) is 0 Å². The Kier molecular flexibility index (Phi) is 10.3. The van der Waals surface area contributed by atoms with Crippen LogP contribution < -0.4 is 20.1 Å². The summed E-state index contributed by atoms with van der Waals surface area (Å²) in [6, 6.07) is 14.6. The van der Waals surface area contributed by atoms with Crippen molar-refractivity contribution >= 4 is 36.4 Å². The molecular weight excluding hydrogens is 407 g/mol. The van der Waals surface area contributed by atoms with Gasteiger partial charge in [-0.05, 0) is 55.3 Å². The van der Waals surface area contributed by atoms with Gasteiger partial charge in [0.15, 0.2) is 0 Å². The molecule has 7 heteroatoms. The fourth-order valence-electron chi connectivity index (χ4n) is 3.42. The van der Waals surface area contributed by atoms with E-state index in [0.29, 0.717) is 6.04 Å². The van der Waals surface area contributed by atoms with E-state index in [1.165, 1.54) is 5.56 Å². The molecule has 2 N–H and O–H groups in total. The zero-order chi connectivity index (χ0) is 17.6. The first kappa shape index (κ1) is 23.9. The van der Waals surface area contributed by atoms with Crippen LogP contribution in [0.5, 0.6) is 11.5 Å². The van der Waals surface area contributed by atoms with Crippen molar-refractivity contribution in [3.8, 4) is 11.5 Å². The number of nitrogens with one attached hydrogen (secondary N) is 2. The summed E-state index contributed by atoms with van der Waals surface area (Å²) >= 11 is 6.14. The summed E-state index contributed by atoms with van der Waals surface area (Å²) in [6.45, 7) is 1.75. The minimum atomic E-state index is 0. The van der Waals surface area contributed by atoms with Gasteiger partial charge in [-0.3, -0.25) is 0 Å². The Bertz CT molecular complexity index is 715. The molecule has 1 saturated heterocycles. The van der Waals surface area contributed by atoms with Crippen molar-refractivity contribution in [1.29, 1.82) is 0 Å². The molecule has 0 bridgehead atoms. The van der Waals surface area contributed by atoms with Crippen molar-refractivity contribution < 1.29 is 9.47 Å². The second kappa shape index (κ2) is 11.6. The Morgan fingerprint density at radius 2 is 1.93 bits per heavy atom. The molecule has 0 aliphatic carbocycles. The number of hydrogen-bond acceptors (Lipinski definition) is 4. The Morgan fingerprint density at radius 1 is 1.11 bits per heavy atom. The molecule has 0 radical (unpaired) electrons. The van der Waals surface area contributed by atoms with Crippen LogP contribution in [-0.2, 0) is 6.54 Å². The fourth-order valence-corrected chi connectivity index (χ4v) is 3.61. The van der Waals surface area contributed by atoms with Crippen molar-refractivity contribution in [3.63, 3.8) is 0 Å². The van der Waals surface area contributed by atoms with Crippen LogP contribution in [0.3, 0.4) is 0 Å². The number of halogens is 3. The lowest BCUT2D eigenvalue weighted by atomic mass is 9.92. The maximum atomic E-state index is 6.14. The van der Waals surface area contributed by atoms with E-state index in [0.717, 1.165) is 48.0 Å². The van der Waals surface area contributed by atoms with Gasteiger partial charge in [-0.1, -0.05) is 23.7 Å². The fraction of sp³-hybridized carbons (Fsp3) is 0.400. The second-order valence-electron chi connectivity index (χ2n) is 6.29. The Hall–Kier alpha value is -1.17.